The first-order valence-corrected chi connectivity index (χ1v) is 6.11. The number of aromatic nitrogens is 2. The molecule has 0 radical (unpaired) electrons. The van der Waals surface area contributed by atoms with Gasteiger partial charge in [-0.2, -0.15) is 5.10 Å². The molecular formula is C12H17N3O4. The van der Waals surface area contributed by atoms with Crippen LogP contribution in [0.3, 0.4) is 0 Å². The molecule has 0 aliphatic carbocycles. The number of carbonyl (C=O) groups excluding carboxylic acids is 1. The second-order valence-corrected chi connectivity index (χ2v) is 4.61. The molecule has 7 nitrogen and oxygen atoms in total. The Balaban J connectivity index is 2.12. The van der Waals surface area contributed by atoms with Crippen molar-refractivity contribution in [1.82, 2.24) is 15.1 Å². The predicted octanol–water partition coefficient (Wildman–Crippen LogP) is -0.119. The average Bonchev–Trinajstić information content (AvgIpc) is 2.70. The number of morpholine rings is 1. The van der Waals surface area contributed by atoms with Crippen LogP contribution in [0, 0.1) is 13.8 Å². The van der Waals surface area contributed by atoms with Gasteiger partial charge in [-0.05, 0) is 13.8 Å². The number of aromatic amines is 1. The number of rotatable bonds is 3. The van der Waals surface area contributed by atoms with Gasteiger partial charge >= 0.3 is 5.97 Å². The number of nitrogens with one attached hydrogen (secondary N) is 1. The van der Waals surface area contributed by atoms with Crippen LogP contribution in [-0.2, 0) is 20.7 Å². The van der Waals surface area contributed by atoms with Gasteiger partial charge < -0.3 is 14.7 Å². The first kappa shape index (κ1) is 13.5. The maximum absolute atomic E-state index is 12.3. The van der Waals surface area contributed by atoms with Crippen molar-refractivity contribution in [3.8, 4) is 0 Å². The molecule has 1 atom stereocenters. The Morgan fingerprint density at radius 3 is 2.84 bits per heavy atom. The Kier molecular flexibility index (Phi) is 3.84. The summed E-state index contributed by atoms with van der Waals surface area (Å²) >= 11 is 0. The summed E-state index contributed by atoms with van der Waals surface area (Å²) in [7, 11) is 0. The zero-order valence-corrected chi connectivity index (χ0v) is 11.0. The topological polar surface area (TPSA) is 95.5 Å². The number of ether oxygens (including phenoxy) is 1. The van der Waals surface area contributed by atoms with E-state index in [9.17, 15) is 9.59 Å². The number of aryl methyl sites for hydroxylation is 2. The SMILES string of the molecule is Cc1n[nH]c(C)c1CC(=O)N1CCOCC1C(=O)O. The Morgan fingerprint density at radius 1 is 1.53 bits per heavy atom. The second-order valence-electron chi connectivity index (χ2n) is 4.61. The smallest absolute Gasteiger partial charge is 0.328 e. The first-order valence-electron chi connectivity index (χ1n) is 6.11. The van der Waals surface area contributed by atoms with Crippen molar-refractivity contribution < 1.29 is 19.4 Å². The molecule has 1 unspecified atom stereocenters. The number of aliphatic carboxylic acids is 1. The van der Waals surface area contributed by atoms with Crippen molar-refractivity contribution in [2.75, 3.05) is 19.8 Å². The van der Waals surface area contributed by atoms with Crippen LogP contribution in [-0.4, -0.2) is 57.9 Å². The quantitative estimate of drug-likeness (QED) is 0.796. The molecule has 2 N–H and O–H groups in total. The van der Waals surface area contributed by atoms with Crippen molar-refractivity contribution in [3.63, 3.8) is 0 Å². The summed E-state index contributed by atoms with van der Waals surface area (Å²) in [5.41, 5.74) is 2.44. The summed E-state index contributed by atoms with van der Waals surface area (Å²) in [5, 5.41) is 15.9. The number of carboxylic acid groups (broad SMARTS) is 1. The van der Waals surface area contributed by atoms with Gasteiger partial charge in [0.05, 0.1) is 25.3 Å². The number of H-pyrrole nitrogens is 1. The summed E-state index contributed by atoms with van der Waals surface area (Å²) in [4.78, 5) is 24.7. The normalized spacial score (nSPS) is 19.5. The van der Waals surface area contributed by atoms with Crippen molar-refractivity contribution in [2.24, 2.45) is 0 Å². The third-order valence-electron chi connectivity index (χ3n) is 3.34. The Labute approximate surface area is 110 Å². The van der Waals surface area contributed by atoms with Gasteiger partial charge in [-0.3, -0.25) is 9.89 Å². The highest BCUT2D eigenvalue weighted by Gasteiger charge is 2.33. The van der Waals surface area contributed by atoms with Gasteiger partial charge in [-0.15, -0.1) is 0 Å². The molecule has 1 aliphatic rings. The van der Waals surface area contributed by atoms with Crippen LogP contribution in [0.5, 0.6) is 0 Å². The van der Waals surface area contributed by atoms with Crippen molar-refractivity contribution in [2.45, 2.75) is 26.3 Å². The highest BCUT2D eigenvalue weighted by atomic mass is 16.5. The van der Waals surface area contributed by atoms with E-state index in [1.165, 1.54) is 4.90 Å². The average molecular weight is 267 g/mol. The second kappa shape index (κ2) is 5.40. The van der Waals surface area contributed by atoms with Crippen LogP contribution < -0.4 is 0 Å². The molecule has 19 heavy (non-hydrogen) atoms. The van der Waals surface area contributed by atoms with Gasteiger partial charge in [0, 0.05) is 17.8 Å². The van der Waals surface area contributed by atoms with Crippen LogP contribution in [0.15, 0.2) is 0 Å². The molecule has 1 fully saturated rings. The molecule has 1 saturated heterocycles. The number of hydrogen-bond donors (Lipinski definition) is 2. The molecule has 1 amide bonds. The number of carboxylic acids is 1. The van der Waals surface area contributed by atoms with E-state index >= 15 is 0 Å². The Bertz CT molecular complexity index is 478. The predicted molar refractivity (Wildman–Crippen MR) is 65.7 cm³/mol. The minimum atomic E-state index is -1.03. The van der Waals surface area contributed by atoms with Crippen LogP contribution in [0.2, 0.25) is 0 Å². The fraction of sp³-hybridized carbons (Fsp3) is 0.583. The molecular weight excluding hydrogens is 250 g/mol. The highest BCUT2D eigenvalue weighted by molar-refractivity contribution is 5.85. The molecule has 1 aliphatic heterocycles. The molecule has 104 valence electrons. The van der Waals surface area contributed by atoms with Gasteiger partial charge in [0.15, 0.2) is 6.04 Å². The zero-order chi connectivity index (χ0) is 14.0. The van der Waals surface area contributed by atoms with E-state index in [0.29, 0.717) is 13.2 Å². The molecule has 0 saturated carbocycles. The summed E-state index contributed by atoms with van der Waals surface area (Å²) in [5.74, 6) is -1.24. The van der Waals surface area contributed by atoms with Crippen LogP contribution >= 0.6 is 0 Å². The minimum absolute atomic E-state index is 0.0461. The molecule has 0 spiro atoms. The summed E-state index contributed by atoms with van der Waals surface area (Å²) in [6.07, 6.45) is 0.165. The zero-order valence-electron chi connectivity index (χ0n) is 11.0. The number of nitrogens with zero attached hydrogens (tertiary/aromatic N) is 2. The molecule has 7 heteroatoms. The van der Waals surface area contributed by atoms with Gasteiger partial charge in [0.1, 0.15) is 0 Å². The van der Waals surface area contributed by atoms with Gasteiger partial charge in [0.25, 0.3) is 0 Å². The lowest BCUT2D eigenvalue weighted by molar-refractivity contribution is -0.158. The van der Waals surface area contributed by atoms with E-state index in [1.807, 2.05) is 13.8 Å². The molecule has 2 rings (SSSR count). The van der Waals surface area contributed by atoms with Crippen LogP contribution in [0.25, 0.3) is 0 Å². The highest BCUT2D eigenvalue weighted by Crippen LogP contribution is 2.14. The fourth-order valence-corrected chi connectivity index (χ4v) is 2.19. The van der Waals surface area contributed by atoms with E-state index in [1.54, 1.807) is 0 Å². The van der Waals surface area contributed by atoms with Crippen molar-refractivity contribution in [3.05, 3.63) is 17.0 Å². The Hall–Kier alpha value is -1.89. The third kappa shape index (κ3) is 2.76. The first-order chi connectivity index (χ1) is 9.00. The fourth-order valence-electron chi connectivity index (χ4n) is 2.19. The van der Waals surface area contributed by atoms with Gasteiger partial charge in [-0.25, -0.2) is 4.79 Å². The summed E-state index contributed by atoms with van der Waals surface area (Å²) in [6.45, 7) is 4.39. The van der Waals surface area contributed by atoms with Crippen LogP contribution in [0.1, 0.15) is 17.0 Å². The van der Waals surface area contributed by atoms with Gasteiger partial charge in [0.2, 0.25) is 5.91 Å². The van der Waals surface area contributed by atoms with Crippen molar-refractivity contribution >= 4 is 11.9 Å². The number of carbonyl (C=O) groups is 2. The van der Waals surface area contributed by atoms with Gasteiger partial charge in [-0.1, -0.05) is 0 Å². The van der Waals surface area contributed by atoms with E-state index in [0.717, 1.165) is 17.0 Å². The lowest BCUT2D eigenvalue weighted by Crippen LogP contribution is -2.53. The number of amides is 1. The lowest BCUT2D eigenvalue weighted by atomic mass is 10.1. The standard InChI is InChI=1S/C12H17N3O4/c1-7-9(8(2)14-13-7)5-11(16)15-3-4-19-6-10(15)12(17)18/h10H,3-6H2,1-2H3,(H,13,14)(H,17,18). The summed E-state index contributed by atoms with van der Waals surface area (Å²) < 4.78 is 5.11. The third-order valence-corrected chi connectivity index (χ3v) is 3.34. The van der Waals surface area contributed by atoms with Crippen LogP contribution in [0.4, 0.5) is 0 Å². The molecule has 0 aromatic carbocycles. The van der Waals surface area contributed by atoms with E-state index in [-0.39, 0.29) is 18.9 Å². The molecule has 2 heterocycles. The molecule has 1 aromatic heterocycles. The lowest BCUT2D eigenvalue weighted by Gasteiger charge is -2.32. The maximum Gasteiger partial charge on any atom is 0.328 e. The molecule has 1 aromatic rings. The summed E-state index contributed by atoms with van der Waals surface area (Å²) in [6, 6.07) is -0.895. The monoisotopic (exact) mass is 267 g/mol. The van der Waals surface area contributed by atoms with Crippen molar-refractivity contribution in [1.29, 1.82) is 0 Å². The van der Waals surface area contributed by atoms with E-state index < -0.39 is 12.0 Å². The van der Waals surface area contributed by atoms with E-state index in [2.05, 4.69) is 10.2 Å². The largest absolute Gasteiger partial charge is 0.480 e. The maximum atomic E-state index is 12.3. The minimum Gasteiger partial charge on any atom is -0.480 e. The van der Waals surface area contributed by atoms with E-state index in [4.69, 9.17) is 9.84 Å². The Morgan fingerprint density at radius 2 is 2.26 bits per heavy atom. The number of hydrogen-bond acceptors (Lipinski definition) is 4. The molecule has 0 bridgehead atoms.